The van der Waals surface area contributed by atoms with E-state index in [4.69, 9.17) is 0 Å². The molecule has 178 valence electrons. The number of nitrogens with one attached hydrogen (secondary N) is 3. The molecule has 1 saturated heterocycles. The zero-order chi connectivity index (χ0) is 24.6. The Morgan fingerprint density at radius 1 is 1.06 bits per heavy atom. The maximum atomic E-state index is 14.6. The number of urea groups is 1. The maximum absolute atomic E-state index is 14.6. The highest BCUT2D eigenvalue weighted by molar-refractivity contribution is 7.88. The molecule has 0 saturated carbocycles. The van der Waals surface area contributed by atoms with Crippen LogP contribution in [0.1, 0.15) is 11.5 Å². The van der Waals surface area contributed by atoms with E-state index >= 15 is 0 Å². The van der Waals surface area contributed by atoms with Crippen molar-refractivity contribution >= 4 is 27.7 Å². The molecule has 0 aliphatic carbocycles. The summed E-state index contributed by atoms with van der Waals surface area (Å²) in [6.45, 7) is -0.352. The minimum absolute atomic E-state index is 0.147. The number of carbonyl (C=O) groups is 2. The molecule has 2 aromatic carbocycles. The fraction of sp³-hybridized carbons (Fsp3) is 0.222. The van der Waals surface area contributed by atoms with Crippen molar-refractivity contribution < 1.29 is 48.5 Å². The Morgan fingerprint density at radius 3 is 2.18 bits per heavy atom. The van der Waals surface area contributed by atoms with Crippen molar-refractivity contribution in [2.45, 2.75) is 17.5 Å². The third-order valence-corrected chi connectivity index (χ3v) is 5.46. The van der Waals surface area contributed by atoms with E-state index in [9.17, 15) is 44.3 Å². The van der Waals surface area contributed by atoms with Crippen LogP contribution in [-0.2, 0) is 14.9 Å². The molecule has 2 unspecified atom stereocenters. The largest absolute Gasteiger partial charge is 0.534 e. The lowest BCUT2D eigenvalue weighted by atomic mass is 9.93. The Balaban J connectivity index is 1.81. The molecule has 8 nitrogen and oxygen atoms in total. The first-order valence-electron chi connectivity index (χ1n) is 8.89. The minimum atomic E-state index is -6.17. The summed E-state index contributed by atoms with van der Waals surface area (Å²) in [4.78, 5) is 24.3. The van der Waals surface area contributed by atoms with Gasteiger partial charge in [-0.25, -0.2) is 18.0 Å². The van der Waals surface area contributed by atoms with Crippen molar-refractivity contribution in [3.05, 3.63) is 59.4 Å². The highest BCUT2D eigenvalue weighted by atomic mass is 32.2. The van der Waals surface area contributed by atoms with Gasteiger partial charge in [0.15, 0.2) is 0 Å². The fourth-order valence-electron chi connectivity index (χ4n) is 3.03. The standard InChI is InChI=1S/C18H13F6N3O5S/c19-8-1-3-9(4-2-8)26-17(29)27-15-11(7-25-16(15)28)14-12(20)5-10(6-13(14)21)32-33(30,31)18(22,23)24/h1-6,11,15H,7H2,(H,25,28)(H2,26,27,29). The minimum Gasteiger partial charge on any atom is -0.376 e. The van der Waals surface area contributed by atoms with Crippen molar-refractivity contribution in [2.24, 2.45) is 0 Å². The van der Waals surface area contributed by atoms with Crippen LogP contribution in [0.15, 0.2) is 36.4 Å². The molecule has 1 fully saturated rings. The molecule has 3 N–H and O–H groups in total. The molecule has 1 aliphatic rings. The van der Waals surface area contributed by atoms with Crippen LogP contribution < -0.4 is 20.1 Å². The van der Waals surface area contributed by atoms with Crippen molar-refractivity contribution in [3.8, 4) is 5.75 Å². The zero-order valence-corrected chi connectivity index (χ0v) is 16.9. The molecule has 15 heteroatoms. The lowest BCUT2D eigenvalue weighted by molar-refractivity contribution is -0.120. The molecule has 2 atom stereocenters. The second-order valence-corrected chi connectivity index (χ2v) is 8.26. The van der Waals surface area contributed by atoms with Gasteiger partial charge in [-0.2, -0.15) is 21.6 Å². The summed E-state index contributed by atoms with van der Waals surface area (Å²) in [6.07, 6.45) is 0. The maximum Gasteiger partial charge on any atom is 0.534 e. The first-order valence-corrected chi connectivity index (χ1v) is 10.3. The van der Waals surface area contributed by atoms with Gasteiger partial charge in [0.25, 0.3) is 0 Å². The monoisotopic (exact) mass is 497 g/mol. The average Bonchev–Trinajstić information content (AvgIpc) is 3.02. The Hall–Kier alpha value is -3.49. The number of alkyl halides is 3. The topological polar surface area (TPSA) is 114 Å². The first-order chi connectivity index (χ1) is 15.3. The smallest absolute Gasteiger partial charge is 0.376 e. The lowest BCUT2D eigenvalue weighted by Crippen LogP contribution is -2.45. The molecule has 1 aliphatic heterocycles. The molecular weight excluding hydrogens is 484 g/mol. The summed E-state index contributed by atoms with van der Waals surface area (Å²) >= 11 is 0. The number of carbonyl (C=O) groups excluding carboxylic acids is 2. The molecule has 3 amide bonds. The molecule has 2 aromatic rings. The average molecular weight is 497 g/mol. The van der Waals surface area contributed by atoms with Crippen LogP contribution in [-0.4, -0.2) is 38.5 Å². The fourth-order valence-corrected chi connectivity index (χ4v) is 3.48. The van der Waals surface area contributed by atoms with E-state index in [1.807, 2.05) is 0 Å². The van der Waals surface area contributed by atoms with Crippen LogP contribution in [0, 0.1) is 17.5 Å². The van der Waals surface area contributed by atoms with Crippen molar-refractivity contribution in [1.29, 1.82) is 0 Å². The Bertz CT molecular complexity index is 1160. The highest BCUT2D eigenvalue weighted by Gasteiger charge is 2.49. The van der Waals surface area contributed by atoms with Crippen LogP contribution in [0.3, 0.4) is 0 Å². The third-order valence-electron chi connectivity index (χ3n) is 4.48. The summed E-state index contributed by atoms with van der Waals surface area (Å²) in [6, 6.07) is 2.48. The van der Waals surface area contributed by atoms with Gasteiger partial charge in [0.1, 0.15) is 29.2 Å². The van der Waals surface area contributed by atoms with Crippen LogP contribution in [0.5, 0.6) is 5.75 Å². The van der Waals surface area contributed by atoms with Gasteiger partial charge in [0.2, 0.25) is 5.91 Å². The van der Waals surface area contributed by atoms with E-state index in [1.165, 1.54) is 12.1 Å². The second kappa shape index (κ2) is 8.80. The summed E-state index contributed by atoms with van der Waals surface area (Å²) in [5.41, 5.74) is -6.47. The molecule has 3 rings (SSSR count). The Morgan fingerprint density at radius 2 is 1.64 bits per heavy atom. The molecule has 0 radical (unpaired) electrons. The summed E-state index contributed by atoms with van der Waals surface area (Å²) in [7, 11) is -6.17. The van der Waals surface area contributed by atoms with Crippen molar-refractivity contribution in [3.63, 3.8) is 0 Å². The van der Waals surface area contributed by atoms with Gasteiger partial charge in [-0.3, -0.25) is 4.79 Å². The molecule has 33 heavy (non-hydrogen) atoms. The van der Waals surface area contributed by atoms with Gasteiger partial charge >= 0.3 is 21.7 Å². The van der Waals surface area contributed by atoms with Gasteiger partial charge in [-0.1, -0.05) is 0 Å². The van der Waals surface area contributed by atoms with Crippen molar-refractivity contribution in [1.82, 2.24) is 10.6 Å². The number of rotatable bonds is 5. The number of anilines is 1. The molecule has 0 aromatic heterocycles. The zero-order valence-electron chi connectivity index (χ0n) is 16.0. The van der Waals surface area contributed by atoms with Gasteiger partial charge in [0.05, 0.1) is 0 Å². The number of amides is 3. The number of halogens is 6. The lowest BCUT2D eigenvalue weighted by Gasteiger charge is -2.20. The summed E-state index contributed by atoms with van der Waals surface area (Å²) in [5.74, 6) is -7.01. The Labute approximate surface area is 182 Å². The van der Waals surface area contributed by atoms with Crippen LogP contribution in [0.4, 0.5) is 36.8 Å². The second-order valence-electron chi connectivity index (χ2n) is 6.72. The van der Waals surface area contributed by atoms with Crippen molar-refractivity contribution in [2.75, 3.05) is 11.9 Å². The summed E-state index contributed by atoms with van der Waals surface area (Å²) < 4.78 is 105. The predicted molar refractivity (Wildman–Crippen MR) is 100 cm³/mol. The van der Waals surface area contributed by atoms with E-state index < -0.39 is 68.3 Å². The number of hydrogen-bond acceptors (Lipinski definition) is 5. The Kier molecular flexibility index (Phi) is 6.44. The van der Waals surface area contributed by atoms with Crippen LogP contribution in [0.2, 0.25) is 0 Å². The SMILES string of the molecule is O=C(Nc1ccc(F)cc1)NC1C(=O)NCC1c1c(F)cc(OS(=O)(=O)C(F)(F)F)cc1F. The number of hydrogen-bond donors (Lipinski definition) is 3. The summed E-state index contributed by atoms with van der Waals surface area (Å²) in [5, 5.41) is 6.77. The van der Waals surface area contributed by atoms with Gasteiger partial charge in [0, 0.05) is 35.8 Å². The molecule has 1 heterocycles. The van der Waals surface area contributed by atoms with Crippen LogP contribution in [0.25, 0.3) is 0 Å². The van der Waals surface area contributed by atoms with Gasteiger partial charge in [-0.05, 0) is 24.3 Å². The predicted octanol–water partition coefficient (Wildman–Crippen LogP) is 2.74. The first kappa shape index (κ1) is 24.2. The van der Waals surface area contributed by atoms with Gasteiger partial charge in [-0.15, -0.1) is 0 Å². The normalized spacial score (nSPS) is 18.5. The van der Waals surface area contributed by atoms with E-state index in [-0.39, 0.29) is 24.4 Å². The van der Waals surface area contributed by atoms with E-state index in [2.05, 4.69) is 20.1 Å². The number of benzene rings is 2. The van der Waals surface area contributed by atoms with E-state index in [0.717, 1.165) is 12.1 Å². The van der Waals surface area contributed by atoms with Gasteiger partial charge < -0.3 is 20.1 Å². The molecule has 0 spiro atoms. The van der Waals surface area contributed by atoms with Crippen LogP contribution >= 0.6 is 0 Å². The molecular formula is C18H13F6N3O5S. The highest BCUT2D eigenvalue weighted by Crippen LogP contribution is 2.33. The van der Waals surface area contributed by atoms with E-state index in [0.29, 0.717) is 0 Å². The third kappa shape index (κ3) is 5.30. The van der Waals surface area contributed by atoms with E-state index in [1.54, 1.807) is 0 Å². The quantitative estimate of drug-likeness (QED) is 0.334. The molecule has 0 bridgehead atoms.